The topological polar surface area (TPSA) is 85.0 Å². The van der Waals surface area contributed by atoms with Crippen molar-refractivity contribution >= 4 is 29.0 Å². The van der Waals surface area contributed by atoms with Gasteiger partial charge in [-0.2, -0.15) is 0 Å². The van der Waals surface area contributed by atoms with Gasteiger partial charge in [-0.3, -0.25) is 18.6 Å². The molecule has 1 amide bonds. The van der Waals surface area contributed by atoms with Crippen molar-refractivity contribution in [3.05, 3.63) is 77.1 Å². The van der Waals surface area contributed by atoms with Gasteiger partial charge in [0.15, 0.2) is 5.16 Å². The van der Waals surface area contributed by atoms with Crippen LogP contribution in [0.4, 0.5) is 10.1 Å². The lowest BCUT2D eigenvalue weighted by Gasteiger charge is -2.36. The molecule has 9 nitrogen and oxygen atoms in total. The van der Waals surface area contributed by atoms with Crippen LogP contribution in [0.15, 0.2) is 70.9 Å². The van der Waals surface area contributed by atoms with Crippen LogP contribution in [0.5, 0.6) is 5.75 Å². The maximum absolute atomic E-state index is 13.2. The molecule has 35 heavy (non-hydrogen) atoms. The summed E-state index contributed by atoms with van der Waals surface area (Å²) in [5.74, 6) is 0.627. The summed E-state index contributed by atoms with van der Waals surface area (Å²) in [6, 6.07) is 13.5. The Balaban J connectivity index is 1.22. The normalized spacial score (nSPS) is 13.9. The zero-order chi connectivity index (χ0) is 24.4. The number of anilines is 1. The van der Waals surface area contributed by atoms with Gasteiger partial charge in [-0.15, -0.1) is 10.2 Å². The third-order valence-electron chi connectivity index (χ3n) is 5.94. The number of hydrogen-bond donors (Lipinski definition) is 0. The monoisotopic (exact) mass is 494 g/mol. The molecule has 0 spiro atoms. The van der Waals surface area contributed by atoms with Crippen LogP contribution < -0.4 is 15.2 Å². The number of carbonyl (C=O) groups is 1. The lowest BCUT2D eigenvalue weighted by molar-refractivity contribution is -0.128. The first-order chi connectivity index (χ1) is 17.0. The van der Waals surface area contributed by atoms with E-state index in [1.165, 1.54) is 28.5 Å². The van der Waals surface area contributed by atoms with Crippen LogP contribution in [-0.2, 0) is 4.79 Å². The van der Waals surface area contributed by atoms with Crippen molar-refractivity contribution in [3.8, 4) is 11.4 Å². The second-order valence-corrected chi connectivity index (χ2v) is 8.92. The number of rotatable bonds is 6. The summed E-state index contributed by atoms with van der Waals surface area (Å²) in [5, 5.41) is 8.66. The van der Waals surface area contributed by atoms with Gasteiger partial charge in [0.2, 0.25) is 11.6 Å². The number of hydrogen-bond acceptors (Lipinski definition) is 7. The van der Waals surface area contributed by atoms with Gasteiger partial charge in [0.25, 0.3) is 0 Å². The SMILES string of the molecule is COc1ccc(-n2ccn3c(SCC(=O)N4CCN(c5ccc(F)cc5)CC4)nnc3c2=O)cc1. The molecule has 1 fully saturated rings. The summed E-state index contributed by atoms with van der Waals surface area (Å²) in [4.78, 5) is 29.7. The van der Waals surface area contributed by atoms with Gasteiger partial charge in [-0.05, 0) is 48.5 Å². The molecule has 0 radical (unpaired) electrons. The molecule has 2 aromatic heterocycles. The van der Waals surface area contributed by atoms with Crippen molar-refractivity contribution in [2.24, 2.45) is 0 Å². The zero-order valence-electron chi connectivity index (χ0n) is 19.0. The van der Waals surface area contributed by atoms with Gasteiger partial charge in [0.05, 0.1) is 12.9 Å². The summed E-state index contributed by atoms with van der Waals surface area (Å²) in [7, 11) is 1.58. The number of ether oxygens (including phenoxy) is 1. The molecule has 1 aliphatic rings. The smallest absolute Gasteiger partial charge is 0.300 e. The minimum absolute atomic E-state index is 0.00270. The number of aromatic nitrogens is 4. The Bertz CT molecular complexity index is 1400. The average Bonchev–Trinajstić information content (AvgIpc) is 3.32. The molecule has 1 aliphatic heterocycles. The molecule has 180 valence electrons. The Morgan fingerprint density at radius 3 is 2.34 bits per heavy atom. The molecule has 0 atom stereocenters. The van der Waals surface area contributed by atoms with Crippen LogP contribution >= 0.6 is 11.8 Å². The van der Waals surface area contributed by atoms with Gasteiger partial charge < -0.3 is 14.5 Å². The Kier molecular flexibility index (Phi) is 6.41. The first-order valence-electron chi connectivity index (χ1n) is 11.1. The van der Waals surface area contributed by atoms with Crippen molar-refractivity contribution < 1.29 is 13.9 Å². The highest BCUT2D eigenvalue weighted by molar-refractivity contribution is 7.99. The number of methoxy groups -OCH3 is 1. The van der Waals surface area contributed by atoms with Crippen LogP contribution in [0, 0.1) is 5.82 Å². The summed E-state index contributed by atoms with van der Waals surface area (Å²) < 4.78 is 21.4. The number of fused-ring (bicyclic) bond motifs is 1. The molecule has 3 heterocycles. The van der Waals surface area contributed by atoms with Crippen molar-refractivity contribution in [1.29, 1.82) is 0 Å². The van der Waals surface area contributed by atoms with Crippen LogP contribution in [0.3, 0.4) is 0 Å². The highest BCUT2D eigenvalue weighted by atomic mass is 32.2. The number of carbonyl (C=O) groups excluding carboxylic acids is 1. The Morgan fingerprint density at radius 2 is 1.66 bits per heavy atom. The maximum atomic E-state index is 13.2. The Hall–Kier alpha value is -3.86. The third-order valence-corrected chi connectivity index (χ3v) is 6.87. The molecule has 0 aliphatic carbocycles. The third kappa shape index (κ3) is 4.72. The van der Waals surface area contributed by atoms with Crippen LogP contribution in [0.1, 0.15) is 0 Å². The molecule has 2 aromatic carbocycles. The lowest BCUT2D eigenvalue weighted by Crippen LogP contribution is -2.49. The molecule has 0 unspecified atom stereocenters. The summed E-state index contributed by atoms with van der Waals surface area (Å²) >= 11 is 1.25. The summed E-state index contributed by atoms with van der Waals surface area (Å²) in [6.07, 6.45) is 3.37. The van der Waals surface area contributed by atoms with E-state index in [9.17, 15) is 14.0 Å². The van der Waals surface area contributed by atoms with Crippen molar-refractivity contribution in [3.63, 3.8) is 0 Å². The van der Waals surface area contributed by atoms with E-state index in [2.05, 4.69) is 15.1 Å². The molecule has 1 saturated heterocycles. The van der Waals surface area contributed by atoms with Gasteiger partial charge in [-0.25, -0.2) is 4.39 Å². The fraction of sp³-hybridized carbons (Fsp3) is 0.250. The van der Waals surface area contributed by atoms with E-state index in [1.807, 2.05) is 4.90 Å². The van der Waals surface area contributed by atoms with Crippen molar-refractivity contribution in [2.45, 2.75) is 5.16 Å². The van der Waals surface area contributed by atoms with E-state index in [0.717, 1.165) is 5.69 Å². The molecule has 0 saturated carbocycles. The van der Waals surface area contributed by atoms with Crippen molar-refractivity contribution in [1.82, 2.24) is 24.1 Å². The van der Waals surface area contributed by atoms with Gasteiger partial charge in [0, 0.05) is 49.9 Å². The minimum Gasteiger partial charge on any atom is -0.497 e. The second-order valence-electron chi connectivity index (χ2n) is 7.98. The first-order valence-corrected chi connectivity index (χ1v) is 12.0. The van der Waals surface area contributed by atoms with Crippen LogP contribution in [0.25, 0.3) is 11.3 Å². The second kappa shape index (κ2) is 9.79. The van der Waals surface area contributed by atoms with E-state index in [0.29, 0.717) is 42.8 Å². The molecular weight excluding hydrogens is 471 g/mol. The predicted molar refractivity (Wildman–Crippen MR) is 131 cm³/mol. The van der Waals surface area contributed by atoms with E-state index in [-0.39, 0.29) is 28.7 Å². The van der Waals surface area contributed by atoms with E-state index in [4.69, 9.17) is 4.74 Å². The summed E-state index contributed by atoms with van der Waals surface area (Å²) in [5.41, 5.74) is 1.51. The quantitative estimate of drug-likeness (QED) is 0.381. The highest BCUT2D eigenvalue weighted by Crippen LogP contribution is 2.20. The van der Waals surface area contributed by atoms with Gasteiger partial charge in [0.1, 0.15) is 11.6 Å². The van der Waals surface area contributed by atoms with Crippen LogP contribution in [-0.4, -0.2) is 69.0 Å². The predicted octanol–water partition coefficient (Wildman–Crippen LogP) is 2.47. The molecule has 4 aromatic rings. The highest BCUT2D eigenvalue weighted by Gasteiger charge is 2.22. The van der Waals surface area contributed by atoms with E-state index < -0.39 is 0 Å². The molecule has 5 rings (SSSR count). The Labute approximate surface area is 204 Å². The van der Waals surface area contributed by atoms with Crippen molar-refractivity contribution in [2.75, 3.05) is 43.9 Å². The lowest BCUT2D eigenvalue weighted by atomic mass is 10.2. The number of nitrogens with zero attached hydrogens (tertiary/aromatic N) is 6. The molecular formula is C24H23FN6O3S. The molecule has 0 N–H and O–H groups in total. The number of piperazine rings is 1. The van der Waals surface area contributed by atoms with E-state index in [1.54, 1.807) is 60.3 Å². The fourth-order valence-corrected chi connectivity index (χ4v) is 4.81. The molecule has 0 bridgehead atoms. The zero-order valence-corrected chi connectivity index (χ0v) is 19.8. The Morgan fingerprint density at radius 1 is 0.971 bits per heavy atom. The largest absolute Gasteiger partial charge is 0.497 e. The average molecular weight is 495 g/mol. The van der Waals surface area contributed by atoms with E-state index >= 15 is 0 Å². The molecule has 11 heteroatoms. The standard InChI is InChI=1S/C24H23FN6O3S/c1-34-20-8-6-19(7-9-20)30-14-15-31-22(23(30)33)26-27-24(31)35-16-21(32)29-12-10-28(11-13-29)18-4-2-17(25)3-5-18/h2-9,14-15H,10-13,16H2,1H3. The number of halogens is 1. The van der Waals surface area contributed by atoms with Gasteiger partial charge >= 0.3 is 5.56 Å². The van der Waals surface area contributed by atoms with Gasteiger partial charge in [-0.1, -0.05) is 11.8 Å². The number of thioether (sulfide) groups is 1. The fourth-order valence-electron chi connectivity index (χ4n) is 3.99. The first kappa shape index (κ1) is 22.9. The number of amides is 1. The van der Waals surface area contributed by atoms with Crippen LogP contribution in [0.2, 0.25) is 0 Å². The number of benzene rings is 2. The maximum Gasteiger partial charge on any atom is 0.300 e. The minimum atomic E-state index is -0.305. The summed E-state index contributed by atoms with van der Waals surface area (Å²) in [6.45, 7) is 2.54.